The Bertz CT molecular complexity index is 3970. The fraction of sp³-hybridized carbons (Fsp3) is 0.494. The van der Waals surface area contributed by atoms with Gasteiger partial charge in [0.25, 0.3) is 0 Å². The summed E-state index contributed by atoms with van der Waals surface area (Å²) in [5, 5.41) is 3.26. The highest BCUT2D eigenvalue weighted by atomic mass is 16.5. The molecule has 14 heteroatoms. The predicted octanol–water partition coefficient (Wildman–Crippen LogP) is 17.0. The van der Waals surface area contributed by atoms with Gasteiger partial charge in [0, 0.05) is 146 Å². The first kappa shape index (κ1) is 72.9. The highest BCUT2D eigenvalue weighted by molar-refractivity contribution is 5.79. The molecule has 6 aromatic heterocycles. The molecule has 0 N–H and O–H groups in total. The first-order chi connectivity index (χ1) is 47.7. The van der Waals surface area contributed by atoms with Gasteiger partial charge in [0.1, 0.15) is 16.9 Å². The van der Waals surface area contributed by atoms with Crippen molar-refractivity contribution in [2.75, 3.05) is 82.4 Å². The van der Waals surface area contributed by atoms with E-state index < -0.39 is 0 Å². The molecule has 3 aliphatic carbocycles. The van der Waals surface area contributed by atoms with E-state index in [0.717, 1.165) is 124 Å². The van der Waals surface area contributed by atoms with E-state index >= 15 is 0 Å². The van der Waals surface area contributed by atoms with Crippen LogP contribution in [-0.4, -0.2) is 126 Å². The van der Waals surface area contributed by atoms with E-state index in [2.05, 4.69) is 178 Å². The van der Waals surface area contributed by atoms with Gasteiger partial charge >= 0.3 is 0 Å². The van der Waals surface area contributed by atoms with Crippen molar-refractivity contribution in [3.05, 3.63) is 166 Å². The maximum Gasteiger partial charge on any atom is 0.206 e. The number of likely N-dealkylation sites (N-methyl/N-ethyl adjacent to an activating group) is 1. The van der Waals surface area contributed by atoms with Gasteiger partial charge in [-0.3, -0.25) is 4.90 Å². The molecule has 2 saturated heterocycles. The van der Waals surface area contributed by atoms with Crippen LogP contribution in [0, 0.1) is 37.0 Å². The Balaban J connectivity index is 0.000000164. The van der Waals surface area contributed by atoms with Crippen LogP contribution in [-0.2, 0) is 30.5 Å². The smallest absolute Gasteiger partial charge is 0.206 e. The lowest BCUT2D eigenvalue weighted by Gasteiger charge is -2.34. The zero-order valence-electron chi connectivity index (χ0n) is 60.1. The van der Waals surface area contributed by atoms with E-state index in [9.17, 15) is 0 Å². The number of anilines is 2. The van der Waals surface area contributed by atoms with Gasteiger partial charge in [-0.25, -0.2) is 29.9 Å². The number of morpholine rings is 1. The van der Waals surface area contributed by atoms with Gasteiger partial charge in [0.15, 0.2) is 0 Å². The van der Waals surface area contributed by atoms with E-state index in [0.29, 0.717) is 35.6 Å². The molecule has 0 amide bonds. The number of ether oxygens (including phenoxy) is 1. The minimum atomic E-state index is 0.471. The Hall–Kier alpha value is -8.32. The molecule has 5 aliphatic rings. The molecule has 97 heavy (non-hydrogen) atoms. The largest absolute Gasteiger partial charge is 0.378 e. The van der Waals surface area contributed by atoms with E-state index in [1.54, 1.807) is 0 Å². The van der Waals surface area contributed by atoms with E-state index in [1.165, 1.54) is 147 Å². The first-order valence-electron chi connectivity index (χ1n) is 37.0. The Kier molecular flexibility index (Phi) is 28.1. The summed E-state index contributed by atoms with van der Waals surface area (Å²) in [7, 11) is 2.20. The second-order valence-electron chi connectivity index (χ2n) is 25.8. The summed E-state index contributed by atoms with van der Waals surface area (Å²) >= 11 is 0. The summed E-state index contributed by atoms with van der Waals surface area (Å²) < 4.78 is 12.8. The Morgan fingerprint density at radius 1 is 0.423 bits per heavy atom. The van der Waals surface area contributed by atoms with Crippen LogP contribution in [0.25, 0.3) is 33.1 Å². The van der Waals surface area contributed by atoms with Crippen molar-refractivity contribution in [2.45, 2.75) is 196 Å². The Morgan fingerprint density at radius 2 is 0.732 bits per heavy atom. The van der Waals surface area contributed by atoms with Crippen LogP contribution in [0.2, 0.25) is 0 Å². The summed E-state index contributed by atoms with van der Waals surface area (Å²) in [6.45, 7) is 27.6. The summed E-state index contributed by atoms with van der Waals surface area (Å²) in [6.07, 6.45) is 44.1. The second-order valence-corrected chi connectivity index (χ2v) is 25.8. The summed E-state index contributed by atoms with van der Waals surface area (Å²) in [5.41, 5.74) is 14.9. The SMILES string of the molecule is C#Cc1ncc2cc(Cc3ccc(CN(CC)CC)cc3)n(C3CCCCC3)c2n1.C#Cc1ncc2cc(Cc3ccc(N4CCN(C)CC4)cc3)n(C3CCCCC3)c2n1.C#Cc1ncc2cc(Cc3ccc(N4CCOCC4)cc3)n(C3CCCCC3)c2n1.CC.CC.CC. The van der Waals surface area contributed by atoms with Crippen LogP contribution in [0.4, 0.5) is 11.4 Å². The molecule has 5 fully saturated rings. The maximum atomic E-state index is 5.59. The van der Waals surface area contributed by atoms with Crippen LogP contribution in [0.3, 0.4) is 0 Å². The number of nitrogens with zero attached hydrogens (tertiary/aromatic N) is 13. The third-order valence-electron chi connectivity index (χ3n) is 19.8. The van der Waals surface area contributed by atoms with Crippen molar-refractivity contribution in [2.24, 2.45) is 0 Å². The quantitative estimate of drug-likeness (QED) is 0.0914. The molecule has 9 aromatic rings. The minimum absolute atomic E-state index is 0.471. The number of hydrogen-bond donors (Lipinski definition) is 0. The standard InChI is InChI=1S/C26H31N5.C26H32N4.C25H28N4O.3C2H6/c1-3-25-27-19-21-18-24(31(26(21)28-25)23-7-5-4-6-8-23)17-20-9-11-22(12-10-20)30-15-13-29(2)14-16-30;1-4-25-27-18-22-17-24(30(26(22)28-25)23-10-8-7-9-11-23)16-20-12-14-21(15-13-20)19-29(5-2)6-3;1-2-24-26-18-20-17-23(29(25(20)27-24)22-6-4-3-5-7-22)16-19-8-10-21(11-9-19)28-12-14-30-15-13-28;3*1-2/h1,9-12,18-19,23H,4-8,13-17H2,2H3;1,12-15,17-18,23H,5-11,16,19H2,2-3H3;1,8-11,17-18,22H,3-7,12-16H2;3*1-2H3. The number of rotatable bonds is 15. The van der Waals surface area contributed by atoms with Crippen molar-refractivity contribution in [1.29, 1.82) is 0 Å². The molecule has 0 bridgehead atoms. The number of benzene rings is 3. The molecule has 3 saturated carbocycles. The fourth-order valence-electron chi connectivity index (χ4n) is 14.7. The lowest BCUT2D eigenvalue weighted by atomic mass is 9.95. The fourth-order valence-corrected chi connectivity index (χ4v) is 14.7. The molecule has 3 aromatic carbocycles. The third kappa shape index (κ3) is 18.9. The molecule has 8 heterocycles. The van der Waals surface area contributed by atoms with Crippen LogP contribution in [0.15, 0.2) is 110 Å². The Labute approximate surface area is 581 Å². The van der Waals surface area contributed by atoms with Crippen LogP contribution in [0.5, 0.6) is 0 Å². The molecule has 0 unspecified atom stereocenters. The first-order valence-corrected chi connectivity index (χ1v) is 37.0. The minimum Gasteiger partial charge on any atom is -0.378 e. The van der Waals surface area contributed by atoms with Gasteiger partial charge < -0.3 is 33.1 Å². The zero-order chi connectivity index (χ0) is 68.5. The summed E-state index contributed by atoms with van der Waals surface area (Å²) in [6, 6.07) is 35.5. The highest BCUT2D eigenvalue weighted by Crippen LogP contribution is 2.38. The zero-order valence-corrected chi connectivity index (χ0v) is 60.1. The van der Waals surface area contributed by atoms with Crippen molar-refractivity contribution in [3.8, 4) is 37.0 Å². The average molecular weight is 1300 g/mol. The molecule has 0 atom stereocenters. The second kappa shape index (κ2) is 37.4. The predicted molar refractivity (Wildman–Crippen MR) is 404 cm³/mol. The maximum absolute atomic E-state index is 5.59. The highest BCUT2D eigenvalue weighted by Gasteiger charge is 2.26. The monoisotopic (exact) mass is 1300 g/mol. The Morgan fingerprint density at radius 3 is 1.05 bits per heavy atom. The summed E-state index contributed by atoms with van der Waals surface area (Å²) in [5.74, 6) is 9.23. The number of aromatic nitrogens is 9. The normalized spacial score (nSPS) is 16.2. The molecule has 0 radical (unpaired) electrons. The van der Waals surface area contributed by atoms with Crippen LogP contribution < -0.4 is 9.80 Å². The molecular weight excluding hydrogens is 1200 g/mol. The molecule has 14 rings (SSSR count). The molecule has 14 nitrogen and oxygen atoms in total. The number of piperazine rings is 1. The number of terminal acetylenes is 3. The molecular formula is C83H109N13O. The van der Waals surface area contributed by atoms with E-state index in [1.807, 2.05) is 60.1 Å². The lowest BCUT2D eigenvalue weighted by Crippen LogP contribution is -2.44. The molecule has 0 spiro atoms. The third-order valence-corrected chi connectivity index (χ3v) is 19.8. The average Bonchev–Trinajstić information content (AvgIpc) is 1.65. The van der Waals surface area contributed by atoms with Gasteiger partial charge in [0.05, 0.1) is 13.2 Å². The number of fused-ring (bicyclic) bond motifs is 3. The van der Waals surface area contributed by atoms with Gasteiger partial charge in [0.2, 0.25) is 17.5 Å². The lowest BCUT2D eigenvalue weighted by molar-refractivity contribution is 0.122. The van der Waals surface area contributed by atoms with Gasteiger partial charge in [-0.15, -0.1) is 19.3 Å². The number of hydrogen-bond acceptors (Lipinski definition) is 11. The van der Waals surface area contributed by atoms with Crippen LogP contribution in [0.1, 0.15) is 227 Å². The van der Waals surface area contributed by atoms with Crippen LogP contribution >= 0.6 is 0 Å². The van der Waals surface area contributed by atoms with Gasteiger partial charge in [-0.05, 0) is 141 Å². The van der Waals surface area contributed by atoms with E-state index in [4.69, 9.17) is 39.0 Å². The molecule has 2 aliphatic heterocycles. The van der Waals surface area contributed by atoms with Gasteiger partial charge in [-0.2, -0.15) is 0 Å². The topological polar surface area (TPSA) is 114 Å². The van der Waals surface area contributed by atoms with Crippen molar-refractivity contribution < 1.29 is 4.74 Å². The van der Waals surface area contributed by atoms with E-state index in [-0.39, 0.29) is 0 Å². The molecule has 512 valence electrons. The van der Waals surface area contributed by atoms with Gasteiger partial charge in [-0.1, -0.05) is 162 Å². The van der Waals surface area contributed by atoms with Crippen molar-refractivity contribution >= 4 is 44.5 Å². The van der Waals surface area contributed by atoms with Crippen molar-refractivity contribution in [3.63, 3.8) is 0 Å². The summed E-state index contributed by atoms with van der Waals surface area (Å²) in [4.78, 5) is 36.8. The van der Waals surface area contributed by atoms with Crippen molar-refractivity contribution in [1.82, 2.24) is 53.4 Å².